The lowest BCUT2D eigenvalue weighted by Crippen LogP contribution is -2.09. The van der Waals surface area contributed by atoms with Gasteiger partial charge in [-0.1, -0.05) is 12.1 Å². The average molecular weight is 255 g/mol. The molecule has 2 aromatic rings. The number of benzene rings is 1. The predicted molar refractivity (Wildman–Crippen MR) is 76.9 cm³/mol. The first kappa shape index (κ1) is 13.1. The van der Waals surface area contributed by atoms with Crippen LogP contribution in [0.3, 0.4) is 0 Å². The first-order valence-corrected chi connectivity index (χ1v) is 6.16. The van der Waals surface area contributed by atoms with E-state index in [0.717, 1.165) is 16.8 Å². The number of Topliss-reactive ketones (excluding diaryl/α,β-unsaturated/α-hetero) is 1. The predicted octanol–water partition coefficient (Wildman–Crippen LogP) is 2.37. The van der Waals surface area contributed by atoms with Gasteiger partial charge in [-0.05, 0) is 42.7 Å². The summed E-state index contributed by atoms with van der Waals surface area (Å²) in [6, 6.07) is 9.34. The lowest BCUT2D eigenvalue weighted by Gasteiger charge is -2.07. The number of nitrogens with two attached hydrogens (primary N) is 2. The molecule has 0 saturated heterocycles. The normalized spacial score (nSPS) is 10.4. The summed E-state index contributed by atoms with van der Waals surface area (Å²) in [6.07, 6.45) is 2.70. The van der Waals surface area contributed by atoms with Gasteiger partial charge < -0.3 is 11.5 Å². The number of hydrogen-bond acceptors (Lipinski definition) is 4. The lowest BCUT2D eigenvalue weighted by atomic mass is 10.00. The number of rotatable bonds is 4. The van der Waals surface area contributed by atoms with Crippen LogP contribution in [0, 0.1) is 6.92 Å². The molecule has 1 aromatic heterocycles. The Balaban J connectivity index is 2.07. The molecule has 4 heteroatoms. The summed E-state index contributed by atoms with van der Waals surface area (Å²) < 4.78 is 0. The van der Waals surface area contributed by atoms with Crippen molar-refractivity contribution >= 4 is 17.3 Å². The molecule has 98 valence electrons. The van der Waals surface area contributed by atoms with Gasteiger partial charge in [-0.3, -0.25) is 4.79 Å². The van der Waals surface area contributed by atoms with Crippen molar-refractivity contribution in [1.29, 1.82) is 0 Å². The van der Waals surface area contributed by atoms with Crippen molar-refractivity contribution in [3.8, 4) is 0 Å². The van der Waals surface area contributed by atoms with Crippen LogP contribution in [0.15, 0.2) is 36.5 Å². The van der Waals surface area contributed by atoms with Gasteiger partial charge in [0.2, 0.25) is 0 Å². The Hall–Kier alpha value is -2.36. The quantitative estimate of drug-likeness (QED) is 0.649. The molecule has 0 atom stereocenters. The van der Waals surface area contributed by atoms with Crippen LogP contribution in [-0.4, -0.2) is 10.8 Å². The molecule has 0 unspecified atom stereocenters. The summed E-state index contributed by atoms with van der Waals surface area (Å²) in [5, 5.41) is 0. The van der Waals surface area contributed by atoms with Crippen molar-refractivity contribution in [2.24, 2.45) is 0 Å². The van der Waals surface area contributed by atoms with Crippen LogP contribution in [0.4, 0.5) is 11.5 Å². The topological polar surface area (TPSA) is 82.0 Å². The molecule has 0 spiro atoms. The molecular weight excluding hydrogens is 238 g/mol. The second kappa shape index (κ2) is 5.52. The van der Waals surface area contributed by atoms with Gasteiger partial charge in [0.25, 0.3) is 0 Å². The van der Waals surface area contributed by atoms with Crippen molar-refractivity contribution < 1.29 is 4.79 Å². The highest BCUT2D eigenvalue weighted by atomic mass is 16.1. The van der Waals surface area contributed by atoms with Gasteiger partial charge in [0.05, 0.1) is 5.56 Å². The van der Waals surface area contributed by atoms with Gasteiger partial charge >= 0.3 is 0 Å². The molecule has 0 aliphatic heterocycles. The first-order valence-electron chi connectivity index (χ1n) is 6.16. The molecule has 2 rings (SSSR count). The molecule has 0 aliphatic rings. The van der Waals surface area contributed by atoms with E-state index in [2.05, 4.69) is 4.98 Å². The average Bonchev–Trinajstić information content (AvgIpc) is 2.38. The fourth-order valence-electron chi connectivity index (χ4n) is 2.01. The number of pyridine rings is 1. The molecule has 0 fully saturated rings. The van der Waals surface area contributed by atoms with Crippen LogP contribution in [-0.2, 0) is 6.42 Å². The molecule has 0 aliphatic carbocycles. The summed E-state index contributed by atoms with van der Waals surface area (Å²) in [7, 11) is 0. The van der Waals surface area contributed by atoms with Crippen molar-refractivity contribution in [2.75, 3.05) is 11.5 Å². The molecule has 1 aromatic carbocycles. The van der Waals surface area contributed by atoms with Crippen LogP contribution in [0.2, 0.25) is 0 Å². The van der Waals surface area contributed by atoms with Crippen LogP contribution in [0.5, 0.6) is 0 Å². The van der Waals surface area contributed by atoms with E-state index in [4.69, 9.17) is 11.5 Å². The Morgan fingerprint density at radius 1 is 1.16 bits per heavy atom. The van der Waals surface area contributed by atoms with Crippen molar-refractivity contribution in [1.82, 2.24) is 4.98 Å². The maximum atomic E-state index is 12.2. The van der Waals surface area contributed by atoms with Crippen molar-refractivity contribution in [3.63, 3.8) is 0 Å². The highest BCUT2D eigenvalue weighted by molar-refractivity contribution is 6.01. The van der Waals surface area contributed by atoms with Crippen LogP contribution in [0.1, 0.15) is 27.9 Å². The van der Waals surface area contributed by atoms with E-state index in [1.807, 2.05) is 31.2 Å². The molecule has 0 saturated carbocycles. The lowest BCUT2D eigenvalue weighted by molar-refractivity contribution is 0.0983. The van der Waals surface area contributed by atoms with Crippen LogP contribution >= 0.6 is 0 Å². The number of nitrogen functional groups attached to an aromatic ring is 2. The molecule has 0 radical (unpaired) electrons. The number of carbonyl (C=O) groups is 1. The minimum atomic E-state index is 0.0277. The van der Waals surface area contributed by atoms with E-state index in [1.165, 1.54) is 0 Å². The zero-order chi connectivity index (χ0) is 13.8. The Labute approximate surface area is 112 Å². The van der Waals surface area contributed by atoms with Crippen LogP contribution < -0.4 is 11.5 Å². The number of hydrogen-bond donors (Lipinski definition) is 2. The number of ketones is 1. The van der Waals surface area contributed by atoms with Crippen molar-refractivity contribution in [2.45, 2.75) is 19.8 Å². The fraction of sp³-hybridized carbons (Fsp3) is 0.200. The van der Waals surface area contributed by atoms with Gasteiger partial charge in [-0.2, -0.15) is 0 Å². The second-order valence-electron chi connectivity index (χ2n) is 4.55. The van der Waals surface area contributed by atoms with Crippen LogP contribution in [0.25, 0.3) is 0 Å². The molecule has 0 amide bonds. The van der Waals surface area contributed by atoms with Gasteiger partial charge in [-0.15, -0.1) is 0 Å². The third-order valence-corrected chi connectivity index (χ3v) is 3.09. The smallest absolute Gasteiger partial charge is 0.167 e. The van der Waals surface area contributed by atoms with E-state index < -0.39 is 0 Å². The van der Waals surface area contributed by atoms with Gasteiger partial charge in [-0.25, -0.2) is 4.98 Å². The standard InChI is InChI=1S/C15H17N3O/c1-10-8-9-18-15(17)14(10)13(19)7-4-11-2-5-12(16)6-3-11/h2-3,5-6,8-9H,4,7,16H2,1H3,(H2,17,18). The van der Waals surface area contributed by atoms with Gasteiger partial charge in [0.1, 0.15) is 5.82 Å². The Morgan fingerprint density at radius 2 is 1.84 bits per heavy atom. The Morgan fingerprint density at radius 3 is 2.47 bits per heavy atom. The maximum Gasteiger partial charge on any atom is 0.167 e. The summed E-state index contributed by atoms with van der Waals surface area (Å²) in [5.74, 6) is 0.335. The summed E-state index contributed by atoms with van der Waals surface area (Å²) in [6.45, 7) is 1.87. The van der Waals surface area contributed by atoms with Crippen molar-refractivity contribution in [3.05, 3.63) is 53.2 Å². The third-order valence-electron chi connectivity index (χ3n) is 3.09. The monoisotopic (exact) mass is 255 g/mol. The second-order valence-corrected chi connectivity index (χ2v) is 4.55. The highest BCUT2D eigenvalue weighted by Crippen LogP contribution is 2.17. The summed E-state index contributed by atoms with van der Waals surface area (Å²) >= 11 is 0. The number of carbonyl (C=O) groups excluding carboxylic acids is 1. The largest absolute Gasteiger partial charge is 0.399 e. The maximum absolute atomic E-state index is 12.2. The minimum Gasteiger partial charge on any atom is -0.399 e. The summed E-state index contributed by atoms with van der Waals surface area (Å²) in [5.41, 5.74) is 14.6. The molecule has 4 nitrogen and oxygen atoms in total. The number of aromatic nitrogens is 1. The Kier molecular flexibility index (Phi) is 3.80. The zero-order valence-corrected chi connectivity index (χ0v) is 10.9. The zero-order valence-electron chi connectivity index (χ0n) is 10.9. The first-order chi connectivity index (χ1) is 9.08. The fourth-order valence-corrected chi connectivity index (χ4v) is 2.01. The molecular formula is C15H17N3O. The van der Waals surface area contributed by atoms with Gasteiger partial charge in [0, 0.05) is 18.3 Å². The number of anilines is 2. The van der Waals surface area contributed by atoms with E-state index in [0.29, 0.717) is 24.2 Å². The van der Waals surface area contributed by atoms with Gasteiger partial charge in [0.15, 0.2) is 5.78 Å². The SMILES string of the molecule is Cc1ccnc(N)c1C(=O)CCc1ccc(N)cc1. The molecule has 1 heterocycles. The number of nitrogens with zero attached hydrogens (tertiary/aromatic N) is 1. The molecule has 4 N–H and O–H groups in total. The third kappa shape index (κ3) is 3.10. The summed E-state index contributed by atoms with van der Waals surface area (Å²) in [4.78, 5) is 16.1. The van der Waals surface area contributed by atoms with E-state index in [-0.39, 0.29) is 5.78 Å². The highest BCUT2D eigenvalue weighted by Gasteiger charge is 2.13. The minimum absolute atomic E-state index is 0.0277. The number of aryl methyl sites for hydroxylation is 2. The van der Waals surface area contributed by atoms with E-state index in [1.54, 1.807) is 12.3 Å². The van der Waals surface area contributed by atoms with E-state index >= 15 is 0 Å². The molecule has 0 bridgehead atoms. The molecule has 19 heavy (non-hydrogen) atoms. The Bertz CT molecular complexity index is 571. The van der Waals surface area contributed by atoms with E-state index in [9.17, 15) is 4.79 Å².